The summed E-state index contributed by atoms with van der Waals surface area (Å²) in [6.45, 7) is 7.75. The maximum atomic E-state index is 12.8. The Morgan fingerprint density at radius 3 is 2.41 bits per heavy atom. The molecular formula is C17H25NO3S. The molecule has 1 N–H and O–H groups in total. The summed E-state index contributed by atoms with van der Waals surface area (Å²) in [4.78, 5) is 0.294. The van der Waals surface area contributed by atoms with E-state index in [4.69, 9.17) is 0 Å². The highest BCUT2D eigenvalue weighted by Gasteiger charge is 2.64. The molecule has 0 bridgehead atoms. The summed E-state index contributed by atoms with van der Waals surface area (Å²) in [6.07, 6.45) is 3.64. The summed E-state index contributed by atoms with van der Waals surface area (Å²) in [5.41, 5.74) is 1.75. The van der Waals surface area contributed by atoms with E-state index in [1.54, 1.807) is 24.3 Å². The van der Waals surface area contributed by atoms with Crippen molar-refractivity contribution in [1.82, 2.24) is 4.31 Å². The Labute approximate surface area is 133 Å². The first kappa shape index (κ1) is 17.2. The summed E-state index contributed by atoms with van der Waals surface area (Å²) < 4.78 is 27.0. The number of hydrogen-bond acceptors (Lipinski definition) is 3. The molecule has 1 heterocycles. The van der Waals surface area contributed by atoms with E-state index in [0.29, 0.717) is 11.3 Å². The van der Waals surface area contributed by atoms with E-state index >= 15 is 0 Å². The molecule has 0 aromatic heterocycles. The van der Waals surface area contributed by atoms with Crippen molar-refractivity contribution in [2.45, 2.75) is 57.0 Å². The van der Waals surface area contributed by atoms with Crippen molar-refractivity contribution < 1.29 is 13.5 Å². The van der Waals surface area contributed by atoms with Crippen LogP contribution >= 0.6 is 0 Å². The average Bonchev–Trinajstić information content (AvgIpc) is 3.04. The monoisotopic (exact) mass is 323 g/mol. The Balaban J connectivity index is 2.23. The van der Waals surface area contributed by atoms with Crippen LogP contribution in [0.5, 0.6) is 0 Å². The Bertz CT molecular complexity index is 660. The van der Waals surface area contributed by atoms with Gasteiger partial charge < -0.3 is 5.11 Å². The lowest BCUT2D eigenvalue weighted by Gasteiger charge is -2.12. The van der Waals surface area contributed by atoms with Gasteiger partial charge in [0.05, 0.1) is 23.1 Å². The molecule has 122 valence electrons. The lowest BCUT2D eigenvalue weighted by atomic mass is 10.0. The maximum Gasteiger partial charge on any atom is 0.244 e. The predicted octanol–water partition coefficient (Wildman–Crippen LogP) is 2.87. The van der Waals surface area contributed by atoms with Gasteiger partial charge in [0.1, 0.15) is 0 Å². The number of aliphatic hydroxyl groups excluding tert-OH is 1. The van der Waals surface area contributed by atoms with E-state index in [1.165, 1.54) is 9.88 Å². The molecule has 0 radical (unpaired) electrons. The van der Waals surface area contributed by atoms with E-state index in [9.17, 15) is 13.5 Å². The molecule has 0 amide bonds. The second kappa shape index (κ2) is 6.14. The summed E-state index contributed by atoms with van der Waals surface area (Å²) in [6, 6.07) is 6.53. The normalized spacial score (nSPS) is 27.5. The van der Waals surface area contributed by atoms with Crippen molar-refractivity contribution in [3.05, 3.63) is 41.5 Å². The van der Waals surface area contributed by atoms with Crippen molar-refractivity contribution in [1.29, 1.82) is 0 Å². The maximum absolute atomic E-state index is 12.8. The van der Waals surface area contributed by atoms with Crippen LogP contribution in [0.4, 0.5) is 0 Å². The molecule has 1 fully saturated rings. The van der Waals surface area contributed by atoms with Gasteiger partial charge in [0.2, 0.25) is 10.0 Å². The summed E-state index contributed by atoms with van der Waals surface area (Å²) in [5, 5.41) is 9.55. The largest absolute Gasteiger partial charge is 0.395 e. The van der Waals surface area contributed by atoms with Crippen molar-refractivity contribution in [2.24, 2.45) is 0 Å². The zero-order valence-electron chi connectivity index (χ0n) is 13.7. The third kappa shape index (κ3) is 3.12. The fourth-order valence-corrected chi connectivity index (χ4v) is 4.99. The average molecular weight is 323 g/mol. The van der Waals surface area contributed by atoms with Crippen LogP contribution in [0.15, 0.2) is 40.8 Å². The smallest absolute Gasteiger partial charge is 0.244 e. The van der Waals surface area contributed by atoms with Crippen LogP contribution in [0.25, 0.3) is 0 Å². The lowest BCUT2D eigenvalue weighted by Crippen LogP contribution is -2.21. The molecule has 4 nitrogen and oxygen atoms in total. The number of nitrogens with zero attached hydrogens (tertiary/aromatic N) is 1. The third-order valence-electron chi connectivity index (χ3n) is 4.39. The quantitative estimate of drug-likeness (QED) is 0.647. The summed E-state index contributed by atoms with van der Waals surface area (Å²) in [5.74, 6) is 0. The molecule has 5 heteroatoms. The first-order chi connectivity index (χ1) is 10.2. The standard InChI is InChI=1S/C17H25NO3S/c1-13(2)6-5-11-17(4)16(12-19)18(17)22(20,21)15-9-7-14(3)8-10-15/h6-10,16,19H,5,11-12H2,1-4H3. The van der Waals surface area contributed by atoms with Gasteiger partial charge >= 0.3 is 0 Å². The molecule has 1 aliphatic rings. The number of allylic oxidation sites excluding steroid dienone is 2. The fourth-order valence-electron chi connectivity index (χ4n) is 2.94. The van der Waals surface area contributed by atoms with Gasteiger partial charge in [0.15, 0.2) is 0 Å². The van der Waals surface area contributed by atoms with E-state index < -0.39 is 15.6 Å². The highest BCUT2D eigenvalue weighted by molar-refractivity contribution is 7.89. The van der Waals surface area contributed by atoms with Crippen molar-refractivity contribution in [3.63, 3.8) is 0 Å². The van der Waals surface area contributed by atoms with Crippen LogP contribution < -0.4 is 0 Å². The molecule has 0 aliphatic carbocycles. The first-order valence-corrected chi connectivity index (χ1v) is 9.03. The highest BCUT2D eigenvalue weighted by atomic mass is 32.2. The molecule has 3 atom stereocenters. The van der Waals surface area contributed by atoms with Gasteiger partial charge in [-0.15, -0.1) is 0 Å². The Morgan fingerprint density at radius 1 is 1.32 bits per heavy atom. The van der Waals surface area contributed by atoms with Crippen molar-refractivity contribution >= 4 is 10.0 Å². The minimum absolute atomic E-state index is 0.142. The third-order valence-corrected chi connectivity index (χ3v) is 6.45. The molecular weight excluding hydrogens is 298 g/mol. The number of benzene rings is 1. The van der Waals surface area contributed by atoms with Gasteiger partial charge in [0, 0.05) is 0 Å². The van der Waals surface area contributed by atoms with Gasteiger partial charge in [-0.3, -0.25) is 0 Å². The van der Waals surface area contributed by atoms with Crippen LogP contribution in [-0.4, -0.2) is 36.0 Å². The van der Waals surface area contributed by atoms with Gasteiger partial charge in [-0.05, 0) is 52.7 Å². The Hall–Kier alpha value is -1.17. The number of hydrogen-bond donors (Lipinski definition) is 1. The molecule has 3 unspecified atom stereocenters. The van der Waals surface area contributed by atoms with Crippen LogP contribution in [0, 0.1) is 6.92 Å². The SMILES string of the molecule is CC(C)=CCCC1(C)C(CO)N1S(=O)(=O)c1ccc(C)cc1. The van der Waals surface area contributed by atoms with E-state index in [-0.39, 0.29) is 12.6 Å². The molecule has 1 saturated heterocycles. The minimum atomic E-state index is -3.55. The Morgan fingerprint density at radius 2 is 1.91 bits per heavy atom. The second-order valence-corrected chi connectivity index (χ2v) is 8.30. The number of sulfonamides is 1. The highest BCUT2D eigenvalue weighted by Crippen LogP contribution is 2.48. The lowest BCUT2D eigenvalue weighted by molar-refractivity contribution is 0.283. The summed E-state index contributed by atoms with van der Waals surface area (Å²) in [7, 11) is -3.55. The molecule has 1 aliphatic heterocycles. The fraction of sp³-hybridized carbons (Fsp3) is 0.529. The molecule has 1 aromatic carbocycles. The van der Waals surface area contributed by atoms with Crippen molar-refractivity contribution in [2.75, 3.05) is 6.61 Å². The predicted molar refractivity (Wildman–Crippen MR) is 88.1 cm³/mol. The molecule has 0 saturated carbocycles. The molecule has 22 heavy (non-hydrogen) atoms. The van der Waals surface area contributed by atoms with E-state index in [1.807, 2.05) is 27.7 Å². The van der Waals surface area contributed by atoms with E-state index in [0.717, 1.165) is 12.0 Å². The zero-order valence-corrected chi connectivity index (χ0v) is 14.5. The van der Waals surface area contributed by atoms with Crippen molar-refractivity contribution in [3.8, 4) is 0 Å². The van der Waals surface area contributed by atoms with E-state index in [2.05, 4.69) is 6.08 Å². The first-order valence-electron chi connectivity index (χ1n) is 7.59. The van der Waals surface area contributed by atoms with Crippen LogP contribution in [0.3, 0.4) is 0 Å². The zero-order chi connectivity index (χ0) is 16.5. The Kier molecular flexibility index (Phi) is 4.80. The minimum Gasteiger partial charge on any atom is -0.395 e. The molecule has 1 aromatic rings. The van der Waals surface area contributed by atoms with Crippen LogP contribution in [0.2, 0.25) is 0 Å². The number of rotatable bonds is 6. The van der Waals surface area contributed by atoms with Crippen LogP contribution in [-0.2, 0) is 10.0 Å². The number of aliphatic hydroxyl groups is 1. The van der Waals surface area contributed by atoms with Gasteiger partial charge in [-0.1, -0.05) is 29.3 Å². The second-order valence-electron chi connectivity index (χ2n) is 6.49. The summed E-state index contributed by atoms with van der Waals surface area (Å²) >= 11 is 0. The topological polar surface area (TPSA) is 57.4 Å². The van der Waals surface area contributed by atoms with Gasteiger partial charge in [-0.2, -0.15) is 4.31 Å². The molecule has 2 rings (SSSR count). The number of aryl methyl sites for hydroxylation is 1. The van der Waals surface area contributed by atoms with Crippen LogP contribution in [0.1, 0.15) is 39.2 Å². The molecule has 0 spiro atoms. The van der Waals surface area contributed by atoms with Gasteiger partial charge in [0.25, 0.3) is 0 Å². The van der Waals surface area contributed by atoms with Gasteiger partial charge in [-0.25, -0.2) is 8.42 Å².